The van der Waals surface area contributed by atoms with Crippen LogP contribution < -0.4 is 20.7 Å². The molecule has 6 heteroatoms. The normalized spacial score (nSPS) is 9.53. The van der Waals surface area contributed by atoms with E-state index >= 15 is 0 Å². The number of carbonyl (C=O) groups excluding carboxylic acids is 2. The highest BCUT2D eigenvalue weighted by Crippen LogP contribution is 2.19. The van der Waals surface area contributed by atoms with Crippen molar-refractivity contribution in [1.82, 2.24) is 5.32 Å². The van der Waals surface area contributed by atoms with E-state index < -0.39 is 12.1 Å². The monoisotopic (exact) mass is 237 g/mol. The van der Waals surface area contributed by atoms with Gasteiger partial charge in [0.25, 0.3) is 0 Å². The summed E-state index contributed by atoms with van der Waals surface area (Å²) in [6, 6.07) is 5.07. The minimum Gasteiger partial charge on any atom is -0.497 e. The van der Waals surface area contributed by atoms with Gasteiger partial charge in [-0.2, -0.15) is 0 Å². The van der Waals surface area contributed by atoms with Crippen LogP contribution in [0.1, 0.15) is 6.92 Å². The van der Waals surface area contributed by atoms with Crippen LogP contribution in [0.5, 0.6) is 5.75 Å². The maximum absolute atomic E-state index is 11.6. The number of hydrogen-bond acceptors (Lipinski definition) is 3. The lowest BCUT2D eigenvalue weighted by molar-refractivity contribution is 0.238. The number of nitrogens with one attached hydrogen (secondary N) is 1. The minimum atomic E-state index is -0.832. The number of imide groups is 1. The summed E-state index contributed by atoms with van der Waals surface area (Å²) in [5.41, 5.74) is 5.56. The van der Waals surface area contributed by atoms with Gasteiger partial charge in [-0.05, 0) is 31.2 Å². The Bertz CT molecular complexity index is 403. The average Bonchev–Trinajstić information content (AvgIpc) is 2.30. The molecule has 0 aliphatic rings. The molecule has 92 valence electrons. The Morgan fingerprint density at radius 1 is 1.35 bits per heavy atom. The molecule has 0 heterocycles. The van der Waals surface area contributed by atoms with Crippen molar-refractivity contribution < 1.29 is 14.3 Å². The van der Waals surface area contributed by atoms with Crippen LogP contribution in [0.2, 0.25) is 0 Å². The number of methoxy groups -OCH3 is 1. The lowest BCUT2D eigenvalue weighted by atomic mass is 10.3. The molecule has 0 atom stereocenters. The van der Waals surface area contributed by atoms with Gasteiger partial charge in [0.1, 0.15) is 5.75 Å². The van der Waals surface area contributed by atoms with Crippen LogP contribution in [0.4, 0.5) is 15.3 Å². The molecule has 0 saturated heterocycles. The predicted molar refractivity (Wildman–Crippen MR) is 64.1 cm³/mol. The molecule has 0 spiro atoms. The number of urea groups is 2. The van der Waals surface area contributed by atoms with Gasteiger partial charge < -0.3 is 15.8 Å². The molecule has 3 N–H and O–H groups in total. The Morgan fingerprint density at radius 3 is 2.35 bits per heavy atom. The molecule has 17 heavy (non-hydrogen) atoms. The van der Waals surface area contributed by atoms with Crippen LogP contribution in [0.25, 0.3) is 0 Å². The van der Waals surface area contributed by atoms with E-state index in [4.69, 9.17) is 10.5 Å². The second-order valence-electron chi connectivity index (χ2n) is 3.21. The number of hydrogen-bond donors (Lipinski definition) is 2. The fourth-order valence-corrected chi connectivity index (χ4v) is 1.31. The third-order valence-electron chi connectivity index (χ3n) is 2.08. The van der Waals surface area contributed by atoms with E-state index in [9.17, 15) is 9.59 Å². The average molecular weight is 237 g/mol. The number of nitrogens with two attached hydrogens (primary N) is 1. The van der Waals surface area contributed by atoms with Gasteiger partial charge in [0, 0.05) is 6.54 Å². The number of ether oxygens (including phenoxy) is 1. The highest BCUT2D eigenvalue weighted by atomic mass is 16.5. The van der Waals surface area contributed by atoms with E-state index in [-0.39, 0.29) is 0 Å². The lowest BCUT2D eigenvalue weighted by Crippen LogP contribution is -2.46. The van der Waals surface area contributed by atoms with Crippen LogP contribution in [0, 0.1) is 0 Å². The summed E-state index contributed by atoms with van der Waals surface area (Å²) in [6.45, 7) is 2.17. The zero-order valence-electron chi connectivity index (χ0n) is 9.77. The molecule has 6 nitrogen and oxygen atoms in total. The predicted octanol–water partition coefficient (Wildman–Crippen LogP) is 1.31. The molecule has 0 radical (unpaired) electrons. The summed E-state index contributed by atoms with van der Waals surface area (Å²) in [5.74, 6) is 0.633. The smallest absolute Gasteiger partial charge is 0.330 e. The topological polar surface area (TPSA) is 84.7 Å². The maximum atomic E-state index is 11.6. The van der Waals surface area contributed by atoms with Crippen LogP contribution >= 0.6 is 0 Å². The number of nitrogens with zero attached hydrogens (tertiary/aromatic N) is 1. The Kier molecular flexibility index (Phi) is 4.33. The molecule has 0 aliphatic heterocycles. The largest absolute Gasteiger partial charge is 0.497 e. The highest BCUT2D eigenvalue weighted by Gasteiger charge is 2.20. The molecule has 0 saturated carbocycles. The van der Waals surface area contributed by atoms with Crippen molar-refractivity contribution >= 4 is 17.7 Å². The number of carbonyl (C=O) groups is 2. The van der Waals surface area contributed by atoms with Gasteiger partial charge in [-0.1, -0.05) is 0 Å². The highest BCUT2D eigenvalue weighted by molar-refractivity contribution is 6.12. The number of benzene rings is 1. The molecule has 0 bridgehead atoms. The molecule has 1 aromatic carbocycles. The van der Waals surface area contributed by atoms with Crippen LogP contribution in [0.3, 0.4) is 0 Å². The van der Waals surface area contributed by atoms with Crippen LogP contribution in [-0.4, -0.2) is 25.7 Å². The van der Waals surface area contributed by atoms with Gasteiger partial charge in [0.2, 0.25) is 0 Å². The second kappa shape index (κ2) is 5.74. The van der Waals surface area contributed by atoms with E-state index in [1.54, 1.807) is 31.2 Å². The van der Waals surface area contributed by atoms with Gasteiger partial charge in [0.15, 0.2) is 0 Å². The van der Waals surface area contributed by atoms with Crippen molar-refractivity contribution in [3.63, 3.8) is 0 Å². The van der Waals surface area contributed by atoms with Crippen molar-refractivity contribution in [2.24, 2.45) is 5.73 Å². The Labute approximate surface area is 99.3 Å². The molecule has 4 amide bonds. The fraction of sp³-hybridized carbons (Fsp3) is 0.273. The zero-order chi connectivity index (χ0) is 12.8. The van der Waals surface area contributed by atoms with E-state index in [1.807, 2.05) is 0 Å². The number of rotatable bonds is 3. The summed E-state index contributed by atoms with van der Waals surface area (Å²) in [4.78, 5) is 23.7. The van der Waals surface area contributed by atoms with Crippen LogP contribution in [0.15, 0.2) is 24.3 Å². The van der Waals surface area contributed by atoms with Crippen molar-refractivity contribution in [2.45, 2.75) is 6.92 Å². The molecule has 0 fully saturated rings. The number of anilines is 1. The summed E-state index contributed by atoms with van der Waals surface area (Å²) >= 11 is 0. The lowest BCUT2D eigenvalue weighted by Gasteiger charge is -2.18. The Hall–Kier alpha value is -2.24. The van der Waals surface area contributed by atoms with Gasteiger partial charge in [0.05, 0.1) is 12.8 Å². The minimum absolute atomic E-state index is 0.393. The number of primary amides is 1. The third-order valence-corrected chi connectivity index (χ3v) is 2.08. The molecule has 1 rings (SSSR count). The molecule has 0 unspecified atom stereocenters. The summed E-state index contributed by atoms with van der Waals surface area (Å²) in [5, 5.41) is 2.51. The SMILES string of the molecule is CCNC(=O)N(C(N)=O)c1ccc(OC)cc1. The van der Waals surface area contributed by atoms with Crippen molar-refractivity contribution in [3.8, 4) is 5.75 Å². The van der Waals surface area contributed by atoms with E-state index in [2.05, 4.69) is 5.32 Å². The molecular formula is C11H15N3O3. The van der Waals surface area contributed by atoms with E-state index in [0.29, 0.717) is 18.0 Å². The quantitative estimate of drug-likeness (QED) is 0.831. The summed E-state index contributed by atoms with van der Waals surface area (Å²) in [6.07, 6.45) is 0. The number of amides is 4. The summed E-state index contributed by atoms with van der Waals surface area (Å²) < 4.78 is 4.98. The van der Waals surface area contributed by atoms with Crippen molar-refractivity contribution in [1.29, 1.82) is 0 Å². The first-order valence-corrected chi connectivity index (χ1v) is 5.11. The molecule has 0 aromatic heterocycles. The first-order chi connectivity index (χ1) is 8.10. The summed E-state index contributed by atoms with van der Waals surface area (Å²) in [7, 11) is 1.53. The van der Waals surface area contributed by atoms with Gasteiger partial charge in [-0.25, -0.2) is 14.5 Å². The fourth-order valence-electron chi connectivity index (χ4n) is 1.31. The van der Waals surface area contributed by atoms with Crippen molar-refractivity contribution in [2.75, 3.05) is 18.6 Å². The molecular weight excluding hydrogens is 222 g/mol. The Balaban J connectivity index is 2.97. The standard InChI is InChI=1S/C11H15N3O3/c1-3-13-11(16)14(10(12)15)8-4-6-9(17-2)7-5-8/h4-7H,3H2,1-2H3,(H2,12,15)(H,13,16). The first kappa shape index (κ1) is 12.8. The van der Waals surface area contributed by atoms with Crippen LogP contribution in [-0.2, 0) is 0 Å². The maximum Gasteiger partial charge on any atom is 0.330 e. The van der Waals surface area contributed by atoms with Gasteiger partial charge >= 0.3 is 12.1 Å². The molecule has 0 aliphatic carbocycles. The molecule has 1 aromatic rings. The Morgan fingerprint density at radius 2 is 1.94 bits per heavy atom. The van der Waals surface area contributed by atoms with Gasteiger partial charge in [-0.3, -0.25) is 0 Å². The van der Waals surface area contributed by atoms with E-state index in [0.717, 1.165) is 4.90 Å². The van der Waals surface area contributed by atoms with Gasteiger partial charge in [-0.15, -0.1) is 0 Å². The first-order valence-electron chi connectivity index (χ1n) is 5.11. The van der Waals surface area contributed by atoms with Crippen molar-refractivity contribution in [3.05, 3.63) is 24.3 Å². The zero-order valence-corrected chi connectivity index (χ0v) is 9.77. The van der Waals surface area contributed by atoms with E-state index in [1.165, 1.54) is 7.11 Å². The third kappa shape index (κ3) is 3.10. The second-order valence-corrected chi connectivity index (χ2v) is 3.21.